The smallest absolute Gasteiger partial charge is 0.0468 e. The zero-order valence-electron chi connectivity index (χ0n) is 26.7. The number of hydrogen-bond donors (Lipinski definition) is 0. The second-order valence-electron chi connectivity index (χ2n) is 13.3. The molecule has 1 aliphatic carbocycles. The van der Waals surface area contributed by atoms with Gasteiger partial charge in [0.25, 0.3) is 0 Å². The molecule has 10 rings (SSSR count). The molecule has 1 aliphatic rings. The van der Waals surface area contributed by atoms with Gasteiger partial charge in [-0.05, 0) is 94.0 Å². The first-order valence-corrected chi connectivity index (χ1v) is 18.1. The Morgan fingerprint density at radius 2 is 1.00 bits per heavy atom. The standard InChI is InChI=1S/C45H31NS2/c1-45(2)38-16-8-6-13-33(38)34-22-19-31(27-39(34)45)46(29-20-23-41-36(25-29)35-14-7-9-17-40(35)47-41)30-21-24-42-37(26-30)44-32(15-10-18-43(44)48-42)28-11-4-3-5-12-28/h3-27H,1-2H3. The average molecular weight is 650 g/mol. The second-order valence-corrected chi connectivity index (χ2v) is 15.5. The van der Waals surface area contributed by atoms with E-state index in [-0.39, 0.29) is 5.41 Å². The van der Waals surface area contributed by atoms with E-state index in [0.717, 1.165) is 5.69 Å². The number of fused-ring (bicyclic) bond motifs is 9. The van der Waals surface area contributed by atoms with E-state index in [4.69, 9.17) is 0 Å². The lowest BCUT2D eigenvalue weighted by atomic mass is 9.82. The second kappa shape index (κ2) is 10.4. The largest absolute Gasteiger partial charge is 0.310 e. The van der Waals surface area contributed by atoms with Gasteiger partial charge in [0.15, 0.2) is 0 Å². The van der Waals surface area contributed by atoms with Crippen molar-refractivity contribution in [3.05, 3.63) is 163 Å². The summed E-state index contributed by atoms with van der Waals surface area (Å²) < 4.78 is 5.27. The molecule has 7 aromatic carbocycles. The van der Waals surface area contributed by atoms with Crippen molar-refractivity contribution in [3.63, 3.8) is 0 Å². The lowest BCUT2D eigenvalue weighted by Crippen LogP contribution is -2.16. The molecule has 2 aromatic heterocycles. The predicted octanol–water partition coefficient (Wildman–Crippen LogP) is 13.9. The molecule has 0 atom stereocenters. The van der Waals surface area contributed by atoms with Gasteiger partial charge in [-0.3, -0.25) is 0 Å². The Morgan fingerprint density at radius 1 is 0.417 bits per heavy atom. The number of hydrogen-bond acceptors (Lipinski definition) is 3. The summed E-state index contributed by atoms with van der Waals surface area (Å²) in [6.07, 6.45) is 0. The summed E-state index contributed by atoms with van der Waals surface area (Å²) in [5.41, 5.74) is 11.4. The Kier molecular flexibility index (Phi) is 6.03. The SMILES string of the molecule is CC1(C)c2ccccc2-c2ccc(N(c3ccc4sc5ccccc5c4c3)c3ccc4sc5cccc(-c6ccccc6)c5c4c3)cc21. The van der Waals surface area contributed by atoms with Crippen LogP contribution in [0.15, 0.2) is 152 Å². The van der Waals surface area contributed by atoms with E-state index in [1.165, 1.54) is 85.1 Å². The van der Waals surface area contributed by atoms with Crippen molar-refractivity contribution in [2.45, 2.75) is 19.3 Å². The Balaban J connectivity index is 1.22. The molecule has 9 aromatic rings. The molecule has 2 heterocycles. The number of rotatable bonds is 4. The first-order chi connectivity index (χ1) is 23.5. The highest BCUT2D eigenvalue weighted by molar-refractivity contribution is 7.26. The summed E-state index contributed by atoms with van der Waals surface area (Å²) in [5, 5.41) is 5.25. The third-order valence-corrected chi connectivity index (χ3v) is 12.6. The number of nitrogens with zero attached hydrogens (tertiary/aromatic N) is 1. The fraction of sp³-hybridized carbons (Fsp3) is 0.0667. The van der Waals surface area contributed by atoms with Gasteiger partial charge < -0.3 is 4.90 Å². The average Bonchev–Trinajstić information content (AvgIpc) is 3.76. The molecule has 0 N–H and O–H groups in total. The van der Waals surface area contributed by atoms with Gasteiger partial charge >= 0.3 is 0 Å². The molecular formula is C45H31NS2. The number of thiophene rings is 2. The molecule has 228 valence electrons. The van der Waals surface area contributed by atoms with Crippen molar-refractivity contribution < 1.29 is 0 Å². The molecule has 0 bridgehead atoms. The van der Waals surface area contributed by atoms with Gasteiger partial charge in [0, 0.05) is 62.8 Å². The highest BCUT2D eigenvalue weighted by Gasteiger charge is 2.35. The summed E-state index contributed by atoms with van der Waals surface area (Å²) in [5.74, 6) is 0. The molecule has 0 radical (unpaired) electrons. The fourth-order valence-electron chi connectivity index (χ4n) is 7.94. The minimum Gasteiger partial charge on any atom is -0.310 e. The van der Waals surface area contributed by atoms with Crippen LogP contribution in [0.25, 0.3) is 62.6 Å². The van der Waals surface area contributed by atoms with Crippen molar-refractivity contribution in [1.82, 2.24) is 0 Å². The van der Waals surface area contributed by atoms with Crippen molar-refractivity contribution in [2.75, 3.05) is 4.90 Å². The van der Waals surface area contributed by atoms with Gasteiger partial charge in [0.05, 0.1) is 0 Å². The van der Waals surface area contributed by atoms with Crippen LogP contribution in [0.3, 0.4) is 0 Å². The maximum atomic E-state index is 2.47. The first-order valence-electron chi connectivity index (χ1n) is 16.5. The van der Waals surface area contributed by atoms with Crippen LogP contribution >= 0.6 is 22.7 Å². The van der Waals surface area contributed by atoms with Gasteiger partial charge in [-0.25, -0.2) is 0 Å². The first kappa shape index (κ1) is 27.9. The molecule has 48 heavy (non-hydrogen) atoms. The maximum Gasteiger partial charge on any atom is 0.0468 e. The van der Waals surface area contributed by atoms with Gasteiger partial charge in [-0.2, -0.15) is 0 Å². The van der Waals surface area contributed by atoms with Crippen LogP contribution in [0.4, 0.5) is 17.1 Å². The summed E-state index contributed by atoms with van der Waals surface area (Å²) in [6, 6.07) is 56.4. The monoisotopic (exact) mass is 649 g/mol. The molecule has 1 nitrogen and oxygen atoms in total. The van der Waals surface area contributed by atoms with Gasteiger partial charge in [0.2, 0.25) is 0 Å². The van der Waals surface area contributed by atoms with Crippen LogP contribution in [0, 0.1) is 0 Å². The molecular weight excluding hydrogens is 619 g/mol. The van der Waals surface area contributed by atoms with Gasteiger partial charge in [-0.15, -0.1) is 22.7 Å². The lowest BCUT2D eigenvalue weighted by Gasteiger charge is -2.28. The summed E-state index contributed by atoms with van der Waals surface area (Å²) >= 11 is 3.75. The molecule has 0 saturated heterocycles. The summed E-state index contributed by atoms with van der Waals surface area (Å²) in [7, 11) is 0. The zero-order valence-corrected chi connectivity index (χ0v) is 28.3. The van der Waals surface area contributed by atoms with Gasteiger partial charge in [0.1, 0.15) is 0 Å². The van der Waals surface area contributed by atoms with Crippen LogP contribution in [0.5, 0.6) is 0 Å². The van der Waals surface area contributed by atoms with E-state index >= 15 is 0 Å². The van der Waals surface area contributed by atoms with Crippen LogP contribution in [0.2, 0.25) is 0 Å². The molecule has 0 spiro atoms. The highest BCUT2D eigenvalue weighted by Crippen LogP contribution is 2.51. The van der Waals surface area contributed by atoms with Gasteiger partial charge in [-0.1, -0.05) is 105 Å². The Bertz CT molecular complexity index is 2710. The Labute approximate surface area is 288 Å². The van der Waals surface area contributed by atoms with Crippen LogP contribution in [-0.2, 0) is 5.41 Å². The minimum absolute atomic E-state index is 0.0841. The fourth-order valence-corrected chi connectivity index (χ4v) is 10.1. The molecule has 0 aliphatic heterocycles. The number of anilines is 3. The third kappa shape index (κ3) is 4.08. The molecule has 3 heteroatoms. The van der Waals surface area contributed by atoms with Crippen LogP contribution in [0.1, 0.15) is 25.0 Å². The van der Waals surface area contributed by atoms with Crippen LogP contribution in [-0.4, -0.2) is 0 Å². The van der Waals surface area contributed by atoms with Crippen molar-refractivity contribution in [1.29, 1.82) is 0 Å². The molecule has 0 saturated carbocycles. The molecule has 0 amide bonds. The van der Waals surface area contributed by atoms with Crippen molar-refractivity contribution in [3.8, 4) is 22.3 Å². The number of benzene rings is 7. The van der Waals surface area contributed by atoms with E-state index in [2.05, 4.69) is 170 Å². The third-order valence-electron chi connectivity index (χ3n) is 10.3. The quantitative estimate of drug-likeness (QED) is 0.183. The van der Waals surface area contributed by atoms with Crippen LogP contribution < -0.4 is 4.90 Å². The Morgan fingerprint density at radius 3 is 1.85 bits per heavy atom. The summed E-state index contributed by atoms with van der Waals surface area (Å²) in [4.78, 5) is 2.47. The summed E-state index contributed by atoms with van der Waals surface area (Å²) in [6.45, 7) is 4.73. The Hall–Kier alpha value is -5.22. The molecule has 0 unspecified atom stereocenters. The minimum atomic E-state index is -0.0841. The van der Waals surface area contributed by atoms with Crippen molar-refractivity contribution in [2.24, 2.45) is 0 Å². The highest BCUT2D eigenvalue weighted by atomic mass is 32.1. The van der Waals surface area contributed by atoms with Crippen molar-refractivity contribution >= 4 is 80.1 Å². The lowest BCUT2D eigenvalue weighted by molar-refractivity contribution is 0.660. The van der Waals surface area contributed by atoms with E-state index in [1.807, 2.05) is 22.7 Å². The van der Waals surface area contributed by atoms with E-state index < -0.39 is 0 Å². The van der Waals surface area contributed by atoms with E-state index in [1.54, 1.807) is 0 Å². The van der Waals surface area contributed by atoms with E-state index in [0.29, 0.717) is 0 Å². The molecule has 0 fully saturated rings. The maximum absolute atomic E-state index is 2.47. The van der Waals surface area contributed by atoms with E-state index in [9.17, 15) is 0 Å². The predicted molar refractivity (Wildman–Crippen MR) is 210 cm³/mol. The normalized spacial score (nSPS) is 13.4. The topological polar surface area (TPSA) is 3.24 Å². The zero-order chi connectivity index (χ0) is 32.0.